The summed E-state index contributed by atoms with van der Waals surface area (Å²) in [6.45, 7) is 5.07. The van der Waals surface area contributed by atoms with Gasteiger partial charge in [0.15, 0.2) is 0 Å². The molecule has 1 fully saturated rings. The minimum Gasteiger partial charge on any atom is -0.495 e. The fourth-order valence-electron chi connectivity index (χ4n) is 2.90. The number of halogens is 1. The SMILES string of the molecule is COc1ccc(NC(C)C(=O)Nc2ccc(N3CCOCC3)cc2)cc1Cl. The summed E-state index contributed by atoms with van der Waals surface area (Å²) in [5.74, 6) is 0.473. The van der Waals surface area contributed by atoms with Crippen molar-refractivity contribution < 1.29 is 14.3 Å². The molecule has 7 heteroatoms. The monoisotopic (exact) mass is 389 g/mol. The van der Waals surface area contributed by atoms with Crippen LogP contribution in [0.25, 0.3) is 0 Å². The maximum Gasteiger partial charge on any atom is 0.246 e. The molecule has 1 aliphatic heterocycles. The van der Waals surface area contributed by atoms with Crippen LogP contribution < -0.4 is 20.3 Å². The van der Waals surface area contributed by atoms with Crippen molar-refractivity contribution in [1.82, 2.24) is 0 Å². The van der Waals surface area contributed by atoms with Crippen molar-refractivity contribution in [2.24, 2.45) is 0 Å². The van der Waals surface area contributed by atoms with Crippen LogP contribution in [-0.4, -0.2) is 45.4 Å². The Morgan fingerprint density at radius 2 is 1.81 bits per heavy atom. The molecule has 0 bridgehead atoms. The van der Waals surface area contributed by atoms with Crippen molar-refractivity contribution in [1.29, 1.82) is 0 Å². The third-order valence-corrected chi connectivity index (χ3v) is 4.73. The largest absolute Gasteiger partial charge is 0.495 e. The van der Waals surface area contributed by atoms with Crippen molar-refractivity contribution in [2.75, 3.05) is 48.9 Å². The van der Waals surface area contributed by atoms with Gasteiger partial charge in [-0.15, -0.1) is 0 Å². The molecule has 1 heterocycles. The zero-order valence-electron chi connectivity index (χ0n) is 15.5. The second-order valence-corrected chi connectivity index (χ2v) is 6.76. The van der Waals surface area contributed by atoms with E-state index in [4.69, 9.17) is 21.1 Å². The molecular weight excluding hydrogens is 366 g/mol. The lowest BCUT2D eigenvalue weighted by Gasteiger charge is -2.29. The van der Waals surface area contributed by atoms with Crippen molar-refractivity contribution >= 4 is 34.6 Å². The predicted molar refractivity (Wildman–Crippen MR) is 109 cm³/mol. The molecule has 0 aliphatic carbocycles. The predicted octanol–water partition coefficient (Wildman–Crippen LogP) is 3.62. The summed E-state index contributed by atoms with van der Waals surface area (Å²) in [5, 5.41) is 6.56. The number of carbonyl (C=O) groups excluding carboxylic acids is 1. The molecule has 0 radical (unpaired) electrons. The van der Waals surface area contributed by atoms with Gasteiger partial charge in [-0.3, -0.25) is 4.79 Å². The molecule has 6 nitrogen and oxygen atoms in total. The molecular formula is C20H24ClN3O3. The van der Waals surface area contributed by atoms with Crippen molar-refractivity contribution in [3.8, 4) is 5.75 Å². The summed E-state index contributed by atoms with van der Waals surface area (Å²) in [6, 6.07) is 12.8. The average Bonchev–Trinajstić information content (AvgIpc) is 2.69. The number of nitrogens with one attached hydrogen (secondary N) is 2. The summed E-state index contributed by atoms with van der Waals surface area (Å²) in [6.07, 6.45) is 0. The molecule has 0 aromatic heterocycles. The molecule has 1 aliphatic rings. The van der Waals surface area contributed by atoms with E-state index in [1.165, 1.54) is 0 Å². The number of amides is 1. The number of hydrogen-bond donors (Lipinski definition) is 2. The molecule has 0 spiro atoms. The summed E-state index contributed by atoms with van der Waals surface area (Å²) < 4.78 is 10.5. The normalized spacial score (nSPS) is 15.1. The topological polar surface area (TPSA) is 62.8 Å². The van der Waals surface area contributed by atoms with E-state index in [1.54, 1.807) is 26.2 Å². The molecule has 27 heavy (non-hydrogen) atoms. The van der Waals surface area contributed by atoms with Crippen LogP contribution in [0.5, 0.6) is 5.75 Å². The van der Waals surface area contributed by atoms with Gasteiger partial charge in [0.05, 0.1) is 25.3 Å². The number of methoxy groups -OCH3 is 1. The van der Waals surface area contributed by atoms with Crippen LogP contribution in [0, 0.1) is 0 Å². The Balaban J connectivity index is 1.56. The van der Waals surface area contributed by atoms with Crippen LogP contribution in [0.3, 0.4) is 0 Å². The van der Waals surface area contributed by atoms with E-state index in [0.29, 0.717) is 10.8 Å². The van der Waals surface area contributed by atoms with Crippen molar-refractivity contribution in [2.45, 2.75) is 13.0 Å². The first kappa shape index (κ1) is 19.3. The first-order valence-electron chi connectivity index (χ1n) is 8.90. The molecule has 1 unspecified atom stereocenters. The zero-order chi connectivity index (χ0) is 19.2. The maximum atomic E-state index is 12.5. The molecule has 2 N–H and O–H groups in total. The van der Waals surface area contributed by atoms with Crippen molar-refractivity contribution in [3.63, 3.8) is 0 Å². The highest BCUT2D eigenvalue weighted by Gasteiger charge is 2.15. The van der Waals surface area contributed by atoms with Gasteiger partial charge in [0.2, 0.25) is 5.91 Å². The third kappa shape index (κ3) is 5.05. The molecule has 144 valence electrons. The highest BCUT2D eigenvalue weighted by atomic mass is 35.5. The average molecular weight is 390 g/mol. The third-order valence-electron chi connectivity index (χ3n) is 4.44. The molecule has 2 aromatic rings. The second-order valence-electron chi connectivity index (χ2n) is 6.35. The number of benzene rings is 2. The van der Waals surface area contributed by atoms with E-state index in [1.807, 2.05) is 30.3 Å². The Morgan fingerprint density at radius 3 is 2.44 bits per heavy atom. The molecule has 2 aromatic carbocycles. The van der Waals surface area contributed by atoms with E-state index in [-0.39, 0.29) is 5.91 Å². The van der Waals surface area contributed by atoms with Gasteiger partial charge in [-0.1, -0.05) is 11.6 Å². The number of morpholine rings is 1. The lowest BCUT2D eigenvalue weighted by molar-refractivity contribution is -0.116. The number of hydrogen-bond acceptors (Lipinski definition) is 5. The molecule has 0 saturated carbocycles. The lowest BCUT2D eigenvalue weighted by atomic mass is 10.2. The minimum atomic E-state index is -0.423. The Hall–Kier alpha value is -2.44. The van der Waals surface area contributed by atoms with Crippen LogP contribution >= 0.6 is 11.6 Å². The van der Waals surface area contributed by atoms with Gasteiger partial charge in [0.25, 0.3) is 0 Å². The van der Waals surface area contributed by atoms with Crippen LogP contribution in [0.15, 0.2) is 42.5 Å². The molecule has 1 atom stereocenters. The number of carbonyl (C=O) groups is 1. The van der Waals surface area contributed by atoms with E-state index in [9.17, 15) is 4.79 Å². The van der Waals surface area contributed by atoms with Crippen LogP contribution in [0.2, 0.25) is 5.02 Å². The molecule has 3 rings (SSSR count). The van der Waals surface area contributed by atoms with Gasteiger partial charge in [-0.25, -0.2) is 0 Å². The highest BCUT2D eigenvalue weighted by Crippen LogP contribution is 2.27. The Bertz CT molecular complexity index is 777. The minimum absolute atomic E-state index is 0.124. The van der Waals surface area contributed by atoms with E-state index >= 15 is 0 Å². The van der Waals surface area contributed by atoms with Crippen LogP contribution in [-0.2, 0) is 9.53 Å². The van der Waals surface area contributed by atoms with Gasteiger partial charge in [0, 0.05) is 30.2 Å². The van der Waals surface area contributed by atoms with Crippen LogP contribution in [0.4, 0.5) is 17.1 Å². The quantitative estimate of drug-likeness (QED) is 0.790. The van der Waals surface area contributed by atoms with Gasteiger partial charge in [0.1, 0.15) is 11.8 Å². The van der Waals surface area contributed by atoms with Crippen LogP contribution in [0.1, 0.15) is 6.92 Å². The Kier molecular flexibility index (Phi) is 6.42. The van der Waals surface area contributed by atoms with Gasteiger partial charge in [-0.2, -0.15) is 0 Å². The number of anilines is 3. The highest BCUT2D eigenvalue weighted by molar-refractivity contribution is 6.32. The lowest BCUT2D eigenvalue weighted by Crippen LogP contribution is -2.36. The van der Waals surface area contributed by atoms with E-state index in [2.05, 4.69) is 15.5 Å². The second kappa shape index (κ2) is 8.97. The van der Waals surface area contributed by atoms with E-state index < -0.39 is 6.04 Å². The van der Waals surface area contributed by atoms with Gasteiger partial charge in [-0.05, 0) is 49.4 Å². The molecule has 1 amide bonds. The fourth-order valence-corrected chi connectivity index (χ4v) is 3.16. The van der Waals surface area contributed by atoms with Gasteiger partial charge < -0.3 is 25.0 Å². The zero-order valence-corrected chi connectivity index (χ0v) is 16.3. The first-order valence-corrected chi connectivity index (χ1v) is 9.28. The van der Waals surface area contributed by atoms with E-state index in [0.717, 1.165) is 43.4 Å². The van der Waals surface area contributed by atoms with Gasteiger partial charge >= 0.3 is 0 Å². The standard InChI is InChI=1S/C20H24ClN3O3/c1-14(22-16-5-8-19(26-2)18(21)13-16)20(25)23-15-3-6-17(7-4-15)24-9-11-27-12-10-24/h3-8,13-14,22H,9-12H2,1-2H3,(H,23,25). The fraction of sp³-hybridized carbons (Fsp3) is 0.350. The summed E-state index contributed by atoms with van der Waals surface area (Å²) in [4.78, 5) is 14.7. The molecule has 1 saturated heterocycles. The Labute approximate surface area is 164 Å². The number of rotatable bonds is 6. The summed E-state index contributed by atoms with van der Waals surface area (Å²) >= 11 is 6.12. The Morgan fingerprint density at radius 1 is 1.15 bits per heavy atom. The first-order chi connectivity index (χ1) is 13.1. The maximum absolute atomic E-state index is 12.5. The smallest absolute Gasteiger partial charge is 0.246 e. The van der Waals surface area contributed by atoms with Crippen molar-refractivity contribution in [3.05, 3.63) is 47.5 Å². The number of nitrogens with zero attached hydrogens (tertiary/aromatic N) is 1. The number of ether oxygens (including phenoxy) is 2. The summed E-state index contributed by atoms with van der Waals surface area (Å²) in [7, 11) is 1.56. The summed E-state index contributed by atoms with van der Waals surface area (Å²) in [5.41, 5.74) is 2.65.